The lowest BCUT2D eigenvalue weighted by Gasteiger charge is -2.11. The molecular weight excluding hydrogens is 390 g/mol. The van der Waals surface area contributed by atoms with Crippen LogP contribution in [0.2, 0.25) is 0 Å². The number of carbonyl (C=O) groups is 1. The van der Waals surface area contributed by atoms with E-state index in [0.717, 1.165) is 11.1 Å². The Kier molecular flexibility index (Phi) is 6.19. The minimum Gasteiger partial charge on any atom is -0.497 e. The fourth-order valence-electron chi connectivity index (χ4n) is 2.88. The Labute approximate surface area is 169 Å². The summed E-state index contributed by atoms with van der Waals surface area (Å²) in [4.78, 5) is 11.0. The van der Waals surface area contributed by atoms with Gasteiger partial charge in [-0.25, -0.2) is 13.2 Å². The number of carboxylic acids is 1. The number of carboxylic acid groups (broad SMARTS) is 1. The molecule has 0 aromatic heterocycles. The molecule has 150 valence electrons. The molecule has 0 radical (unpaired) electrons. The van der Waals surface area contributed by atoms with Gasteiger partial charge in [-0.3, -0.25) is 4.72 Å². The van der Waals surface area contributed by atoms with E-state index in [1.165, 1.54) is 19.2 Å². The zero-order valence-electron chi connectivity index (χ0n) is 15.8. The van der Waals surface area contributed by atoms with Crippen molar-refractivity contribution in [2.24, 2.45) is 0 Å². The number of aromatic carboxylic acids is 1. The lowest BCUT2D eigenvalue weighted by molar-refractivity contribution is 0.0697. The van der Waals surface area contributed by atoms with Crippen LogP contribution in [0.15, 0.2) is 77.7 Å². The molecule has 0 unspecified atom stereocenters. The van der Waals surface area contributed by atoms with E-state index in [1.54, 1.807) is 54.6 Å². The number of hydrogen-bond donors (Lipinski definition) is 2. The number of aryl methyl sites for hydroxylation is 2. The van der Waals surface area contributed by atoms with E-state index < -0.39 is 16.0 Å². The van der Waals surface area contributed by atoms with Gasteiger partial charge in [0.25, 0.3) is 10.0 Å². The van der Waals surface area contributed by atoms with Gasteiger partial charge in [-0.05, 0) is 60.4 Å². The molecule has 29 heavy (non-hydrogen) atoms. The van der Waals surface area contributed by atoms with Crippen molar-refractivity contribution >= 4 is 21.7 Å². The maximum absolute atomic E-state index is 12.6. The van der Waals surface area contributed by atoms with Crippen molar-refractivity contribution in [1.82, 2.24) is 0 Å². The molecule has 0 saturated carbocycles. The molecular formula is C22H21NO5S. The first-order chi connectivity index (χ1) is 13.9. The molecule has 3 rings (SSSR count). The second-order valence-corrected chi connectivity index (χ2v) is 8.17. The number of rotatable bonds is 8. The van der Waals surface area contributed by atoms with Crippen molar-refractivity contribution < 1.29 is 23.1 Å². The highest BCUT2D eigenvalue weighted by Gasteiger charge is 2.15. The average Bonchev–Trinajstić information content (AvgIpc) is 2.72. The molecule has 3 aromatic rings. The van der Waals surface area contributed by atoms with Gasteiger partial charge in [0.05, 0.1) is 17.6 Å². The SMILES string of the molecule is COc1cccc(S(=O)(=O)Nc2cccc(CCc3ccc(C(=O)O)cc3)c2)c1. The zero-order chi connectivity index (χ0) is 20.9. The molecule has 0 atom stereocenters. The van der Waals surface area contributed by atoms with Crippen LogP contribution in [-0.4, -0.2) is 26.6 Å². The van der Waals surface area contributed by atoms with Crippen LogP contribution in [-0.2, 0) is 22.9 Å². The number of hydrogen-bond acceptors (Lipinski definition) is 4. The Morgan fingerprint density at radius 3 is 2.31 bits per heavy atom. The van der Waals surface area contributed by atoms with Gasteiger partial charge in [0.15, 0.2) is 0 Å². The summed E-state index contributed by atoms with van der Waals surface area (Å²) in [5, 5.41) is 8.96. The van der Waals surface area contributed by atoms with E-state index in [4.69, 9.17) is 9.84 Å². The molecule has 0 aliphatic heterocycles. The highest BCUT2D eigenvalue weighted by molar-refractivity contribution is 7.92. The summed E-state index contributed by atoms with van der Waals surface area (Å²) in [5.41, 5.74) is 2.71. The third kappa shape index (κ3) is 5.36. The second-order valence-electron chi connectivity index (χ2n) is 6.49. The van der Waals surface area contributed by atoms with E-state index in [0.29, 0.717) is 24.3 Å². The Balaban J connectivity index is 1.69. The highest BCUT2D eigenvalue weighted by atomic mass is 32.2. The third-order valence-corrected chi connectivity index (χ3v) is 5.81. The summed E-state index contributed by atoms with van der Waals surface area (Å²) in [6.45, 7) is 0. The quantitative estimate of drug-likeness (QED) is 0.585. The van der Waals surface area contributed by atoms with Crippen LogP contribution in [0, 0.1) is 0 Å². The molecule has 0 aliphatic rings. The lowest BCUT2D eigenvalue weighted by atomic mass is 10.0. The normalized spacial score (nSPS) is 11.1. The molecule has 0 bridgehead atoms. The van der Waals surface area contributed by atoms with E-state index in [2.05, 4.69) is 4.72 Å². The number of benzene rings is 3. The maximum atomic E-state index is 12.6. The topological polar surface area (TPSA) is 92.7 Å². The number of ether oxygens (including phenoxy) is 1. The molecule has 0 amide bonds. The van der Waals surface area contributed by atoms with E-state index in [-0.39, 0.29) is 10.5 Å². The van der Waals surface area contributed by atoms with Crippen molar-refractivity contribution in [2.75, 3.05) is 11.8 Å². The minimum atomic E-state index is -3.73. The molecule has 0 heterocycles. The largest absolute Gasteiger partial charge is 0.497 e. The van der Waals surface area contributed by atoms with Gasteiger partial charge >= 0.3 is 5.97 Å². The van der Waals surface area contributed by atoms with E-state index in [1.807, 2.05) is 6.07 Å². The van der Waals surface area contributed by atoms with Crippen LogP contribution in [0.5, 0.6) is 5.75 Å². The number of anilines is 1. The third-order valence-electron chi connectivity index (χ3n) is 4.43. The maximum Gasteiger partial charge on any atom is 0.335 e. The van der Waals surface area contributed by atoms with Crippen molar-refractivity contribution in [3.8, 4) is 5.75 Å². The van der Waals surface area contributed by atoms with Crippen molar-refractivity contribution in [1.29, 1.82) is 0 Å². The Morgan fingerprint density at radius 1 is 0.931 bits per heavy atom. The molecule has 0 saturated heterocycles. The number of methoxy groups -OCH3 is 1. The van der Waals surface area contributed by atoms with E-state index in [9.17, 15) is 13.2 Å². The summed E-state index contributed by atoms with van der Waals surface area (Å²) < 4.78 is 33.0. The number of sulfonamides is 1. The predicted molar refractivity (Wildman–Crippen MR) is 111 cm³/mol. The molecule has 0 spiro atoms. The summed E-state index contributed by atoms with van der Waals surface area (Å²) in [5.74, 6) is -0.483. The van der Waals surface area contributed by atoms with E-state index >= 15 is 0 Å². The first kappa shape index (κ1) is 20.4. The molecule has 6 nitrogen and oxygen atoms in total. The predicted octanol–water partition coefficient (Wildman–Crippen LogP) is 3.98. The summed E-state index contributed by atoms with van der Waals surface area (Å²) in [6.07, 6.45) is 1.41. The lowest BCUT2D eigenvalue weighted by Crippen LogP contribution is -2.13. The molecule has 2 N–H and O–H groups in total. The van der Waals surface area contributed by atoms with Gasteiger partial charge in [-0.15, -0.1) is 0 Å². The highest BCUT2D eigenvalue weighted by Crippen LogP contribution is 2.21. The van der Waals surface area contributed by atoms with Gasteiger partial charge in [-0.1, -0.05) is 30.3 Å². The van der Waals surface area contributed by atoms with Gasteiger partial charge < -0.3 is 9.84 Å². The van der Waals surface area contributed by atoms with Crippen molar-refractivity contribution in [2.45, 2.75) is 17.7 Å². The zero-order valence-corrected chi connectivity index (χ0v) is 16.6. The first-order valence-corrected chi connectivity index (χ1v) is 10.4. The minimum absolute atomic E-state index is 0.126. The van der Waals surface area contributed by atoms with Crippen molar-refractivity contribution in [3.63, 3.8) is 0 Å². The van der Waals surface area contributed by atoms with Gasteiger partial charge in [0.2, 0.25) is 0 Å². The van der Waals surface area contributed by atoms with Crippen LogP contribution in [0.4, 0.5) is 5.69 Å². The summed E-state index contributed by atoms with van der Waals surface area (Å²) in [7, 11) is -2.24. The van der Waals surface area contributed by atoms with Gasteiger partial charge in [0, 0.05) is 11.8 Å². The molecule has 0 fully saturated rings. The fraction of sp³-hybridized carbons (Fsp3) is 0.136. The van der Waals surface area contributed by atoms with Crippen LogP contribution < -0.4 is 9.46 Å². The van der Waals surface area contributed by atoms with Crippen LogP contribution in [0.3, 0.4) is 0 Å². The summed E-state index contributed by atoms with van der Waals surface area (Å²) >= 11 is 0. The first-order valence-electron chi connectivity index (χ1n) is 8.95. The van der Waals surface area contributed by atoms with Gasteiger partial charge in [0.1, 0.15) is 5.75 Å². The molecule has 0 aliphatic carbocycles. The average molecular weight is 411 g/mol. The standard InChI is InChI=1S/C22H21NO5S/c1-28-20-6-3-7-21(15-20)29(26,27)23-19-5-2-4-17(14-19)9-8-16-10-12-18(13-11-16)22(24)25/h2-7,10-15,23H,8-9H2,1H3,(H,24,25). The molecule has 3 aromatic carbocycles. The molecule has 7 heteroatoms. The second kappa shape index (κ2) is 8.79. The van der Waals surface area contributed by atoms with Crippen LogP contribution >= 0.6 is 0 Å². The fourth-order valence-corrected chi connectivity index (χ4v) is 3.96. The Hall–Kier alpha value is -3.32. The van der Waals surface area contributed by atoms with Crippen LogP contribution in [0.25, 0.3) is 0 Å². The Bertz CT molecular complexity index is 1110. The smallest absolute Gasteiger partial charge is 0.335 e. The van der Waals surface area contributed by atoms with Crippen molar-refractivity contribution in [3.05, 3.63) is 89.5 Å². The van der Waals surface area contributed by atoms with Gasteiger partial charge in [-0.2, -0.15) is 0 Å². The van der Waals surface area contributed by atoms with Crippen LogP contribution in [0.1, 0.15) is 21.5 Å². The summed E-state index contributed by atoms with van der Waals surface area (Å²) in [6, 6.07) is 20.2. The number of nitrogens with one attached hydrogen (secondary N) is 1. The Morgan fingerprint density at radius 2 is 1.62 bits per heavy atom. The monoisotopic (exact) mass is 411 g/mol.